The molecule has 1 amide bonds. The number of piperidine rings is 1. The van der Waals surface area contributed by atoms with E-state index in [1.165, 1.54) is 11.1 Å². The molecular formula is C27H31N7O5S. The van der Waals surface area contributed by atoms with Crippen LogP contribution in [0.5, 0.6) is 0 Å². The Bertz CT molecular complexity index is 1680. The molecule has 210 valence electrons. The summed E-state index contributed by atoms with van der Waals surface area (Å²) in [6.07, 6.45) is 5.79. The Morgan fingerprint density at radius 2 is 1.98 bits per heavy atom. The number of rotatable bonds is 6. The van der Waals surface area contributed by atoms with Gasteiger partial charge in [0.15, 0.2) is 5.82 Å². The van der Waals surface area contributed by atoms with Crippen LogP contribution in [0.3, 0.4) is 0 Å². The number of nitrogens with one attached hydrogen (secondary N) is 2. The highest BCUT2D eigenvalue weighted by Gasteiger charge is 2.40. The molecule has 12 nitrogen and oxygen atoms in total. The van der Waals surface area contributed by atoms with Gasteiger partial charge in [-0.1, -0.05) is 12.8 Å². The first-order valence-electron chi connectivity index (χ1n) is 13.6. The summed E-state index contributed by atoms with van der Waals surface area (Å²) < 4.78 is 29.6. The maximum Gasteiger partial charge on any atom is 0.407 e. The number of aromatic amines is 1. The van der Waals surface area contributed by atoms with Gasteiger partial charge in [0.05, 0.1) is 28.4 Å². The normalized spacial score (nSPS) is 20.4. The van der Waals surface area contributed by atoms with Gasteiger partial charge in [-0.15, -0.1) is 0 Å². The highest BCUT2D eigenvalue weighted by molar-refractivity contribution is 7.89. The van der Waals surface area contributed by atoms with Crippen molar-refractivity contribution in [3.05, 3.63) is 46.4 Å². The molecule has 3 N–H and O–H groups in total. The molecule has 40 heavy (non-hydrogen) atoms. The molecule has 2 aliphatic heterocycles. The Morgan fingerprint density at radius 3 is 2.67 bits per heavy atom. The van der Waals surface area contributed by atoms with Gasteiger partial charge in [-0.2, -0.15) is 14.7 Å². The summed E-state index contributed by atoms with van der Waals surface area (Å²) in [4.78, 5) is 28.8. The number of fused-ring (bicyclic) bond motifs is 2. The Kier molecular flexibility index (Phi) is 6.54. The maximum absolute atomic E-state index is 13.2. The number of benzene rings is 1. The molecule has 0 radical (unpaired) electrons. The zero-order chi connectivity index (χ0) is 28.1. The average molecular weight is 566 g/mol. The molecule has 2 fully saturated rings. The molecule has 1 aromatic carbocycles. The quantitative estimate of drug-likeness (QED) is 0.408. The van der Waals surface area contributed by atoms with Gasteiger partial charge in [0, 0.05) is 38.1 Å². The van der Waals surface area contributed by atoms with E-state index in [2.05, 4.69) is 16.4 Å². The van der Waals surface area contributed by atoms with Crippen molar-refractivity contribution >= 4 is 38.5 Å². The van der Waals surface area contributed by atoms with E-state index in [0.717, 1.165) is 25.7 Å². The number of pyridine rings is 1. The number of nitrogens with zero attached hydrogens (tertiary/aromatic N) is 5. The minimum Gasteiger partial charge on any atom is -0.465 e. The molecule has 13 heteroatoms. The molecule has 3 aliphatic rings. The highest BCUT2D eigenvalue weighted by atomic mass is 32.2. The van der Waals surface area contributed by atoms with Crippen molar-refractivity contribution in [2.24, 2.45) is 5.92 Å². The number of carboxylic acid groups (broad SMARTS) is 1. The maximum atomic E-state index is 13.2. The second kappa shape index (κ2) is 9.94. The van der Waals surface area contributed by atoms with Crippen molar-refractivity contribution in [2.45, 2.75) is 61.9 Å². The zero-order valence-corrected chi connectivity index (χ0v) is 22.8. The SMILES string of the molecule is N#CCC1(n2nc(Nc3ccc4c(c3)CN(CC3CCCC3)S4(=O)=O)c3c(=O)[nH]ccc32)CCN(C(=O)O)CC1. The van der Waals surface area contributed by atoms with E-state index in [1.54, 1.807) is 33.3 Å². The lowest BCUT2D eigenvalue weighted by molar-refractivity contribution is 0.0912. The second-order valence-corrected chi connectivity index (χ2v) is 13.0. The van der Waals surface area contributed by atoms with Crippen LogP contribution in [0.25, 0.3) is 10.9 Å². The average Bonchev–Trinajstić information content (AvgIpc) is 3.63. The summed E-state index contributed by atoms with van der Waals surface area (Å²) in [5, 5.41) is 27.4. The summed E-state index contributed by atoms with van der Waals surface area (Å²) in [6, 6.07) is 9.03. The first kappa shape index (κ1) is 26.3. The second-order valence-electron chi connectivity index (χ2n) is 11.1. The van der Waals surface area contributed by atoms with E-state index in [0.29, 0.717) is 64.7 Å². The first-order valence-corrected chi connectivity index (χ1v) is 15.0. The predicted octanol–water partition coefficient (Wildman–Crippen LogP) is 3.55. The van der Waals surface area contributed by atoms with Gasteiger partial charge >= 0.3 is 6.09 Å². The molecule has 1 aliphatic carbocycles. The molecule has 1 saturated heterocycles. The number of aromatic nitrogens is 3. The van der Waals surface area contributed by atoms with E-state index in [-0.39, 0.29) is 25.1 Å². The lowest BCUT2D eigenvalue weighted by atomic mass is 9.85. The van der Waals surface area contributed by atoms with Crippen LogP contribution < -0.4 is 10.9 Å². The molecule has 0 spiro atoms. The van der Waals surface area contributed by atoms with Crippen LogP contribution in [-0.4, -0.2) is 63.2 Å². The van der Waals surface area contributed by atoms with E-state index < -0.39 is 21.7 Å². The number of nitriles is 1. The van der Waals surface area contributed by atoms with Crippen LogP contribution in [0.2, 0.25) is 0 Å². The molecule has 2 aromatic heterocycles. The van der Waals surface area contributed by atoms with Crippen LogP contribution in [0.1, 0.15) is 50.5 Å². The third kappa shape index (κ3) is 4.41. The molecule has 0 bridgehead atoms. The molecule has 6 rings (SSSR count). The van der Waals surface area contributed by atoms with Gasteiger partial charge in [-0.25, -0.2) is 13.2 Å². The lowest BCUT2D eigenvalue weighted by Gasteiger charge is -2.40. The topological polar surface area (TPSA) is 164 Å². The van der Waals surface area contributed by atoms with Crippen molar-refractivity contribution in [3.8, 4) is 6.07 Å². The van der Waals surface area contributed by atoms with Crippen molar-refractivity contribution in [1.82, 2.24) is 24.0 Å². The number of hydrogen-bond acceptors (Lipinski definition) is 7. The third-order valence-corrected chi connectivity index (χ3v) is 10.6. The largest absolute Gasteiger partial charge is 0.465 e. The highest BCUT2D eigenvalue weighted by Crippen LogP contribution is 2.39. The Hall–Kier alpha value is -3.89. The van der Waals surface area contributed by atoms with Gasteiger partial charge in [0.25, 0.3) is 5.56 Å². The number of sulfonamides is 1. The number of likely N-dealkylation sites (tertiary alicyclic amines) is 1. The molecule has 0 atom stereocenters. The van der Waals surface area contributed by atoms with Crippen LogP contribution in [0.15, 0.2) is 40.2 Å². The third-order valence-electron chi connectivity index (χ3n) is 8.65. The molecule has 3 aromatic rings. The minimum atomic E-state index is -3.55. The van der Waals surface area contributed by atoms with Crippen molar-refractivity contribution in [1.29, 1.82) is 5.26 Å². The number of anilines is 2. The van der Waals surface area contributed by atoms with Crippen LogP contribution in [-0.2, 0) is 22.1 Å². The van der Waals surface area contributed by atoms with Crippen LogP contribution in [0, 0.1) is 17.2 Å². The van der Waals surface area contributed by atoms with Gasteiger partial charge in [0.1, 0.15) is 5.39 Å². The fraction of sp³-hybridized carbons (Fsp3) is 0.481. The van der Waals surface area contributed by atoms with Crippen molar-refractivity contribution in [3.63, 3.8) is 0 Å². The predicted molar refractivity (Wildman–Crippen MR) is 147 cm³/mol. The summed E-state index contributed by atoms with van der Waals surface area (Å²) in [5.74, 6) is 0.685. The van der Waals surface area contributed by atoms with E-state index in [4.69, 9.17) is 5.10 Å². The van der Waals surface area contributed by atoms with E-state index >= 15 is 0 Å². The van der Waals surface area contributed by atoms with Crippen LogP contribution >= 0.6 is 0 Å². The van der Waals surface area contributed by atoms with Gasteiger partial charge < -0.3 is 20.3 Å². The first-order chi connectivity index (χ1) is 19.2. The van der Waals surface area contributed by atoms with E-state index in [1.807, 2.05) is 0 Å². The fourth-order valence-electron chi connectivity index (χ4n) is 6.48. The molecular weight excluding hydrogens is 534 g/mol. The summed E-state index contributed by atoms with van der Waals surface area (Å²) in [7, 11) is -3.55. The number of carbonyl (C=O) groups is 1. The van der Waals surface area contributed by atoms with Gasteiger partial charge in [-0.05, 0) is 61.4 Å². The van der Waals surface area contributed by atoms with Crippen molar-refractivity contribution in [2.75, 3.05) is 25.0 Å². The van der Waals surface area contributed by atoms with E-state index in [9.17, 15) is 28.4 Å². The number of hydrogen-bond donors (Lipinski definition) is 3. The monoisotopic (exact) mass is 565 g/mol. The Morgan fingerprint density at radius 1 is 1.23 bits per heavy atom. The minimum absolute atomic E-state index is 0.108. The summed E-state index contributed by atoms with van der Waals surface area (Å²) in [6.45, 7) is 1.34. The van der Waals surface area contributed by atoms with Gasteiger partial charge in [0.2, 0.25) is 10.0 Å². The summed E-state index contributed by atoms with van der Waals surface area (Å²) >= 11 is 0. The smallest absolute Gasteiger partial charge is 0.407 e. The van der Waals surface area contributed by atoms with Crippen molar-refractivity contribution < 1.29 is 18.3 Å². The Labute approximate surface area is 231 Å². The molecule has 0 unspecified atom stereocenters. The van der Waals surface area contributed by atoms with Crippen LogP contribution in [0.4, 0.5) is 16.3 Å². The standard InChI is InChI=1S/C27H31N7O5S/c28-11-8-27(9-13-32(14-10-27)26(36)37)34-21-7-12-29-25(35)23(21)24(31-34)30-20-5-6-22-19(15-20)17-33(40(22,38)39)16-18-3-1-2-4-18/h5-7,12,15,18H,1-4,8-10,13-14,16-17H2,(H,29,35)(H,30,31)(H,36,37). The lowest BCUT2D eigenvalue weighted by Crippen LogP contribution is -2.48. The fourth-order valence-corrected chi connectivity index (χ4v) is 8.17. The van der Waals surface area contributed by atoms with Gasteiger partial charge in [-0.3, -0.25) is 9.48 Å². The number of H-pyrrole nitrogens is 1. The molecule has 1 saturated carbocycles. The Balaban J connectivity index is 1.34. The number of amides is 1. The zero-order valence-electron chi connectivity index (χ0n) is 22.0. The molecule has 4 heterocycles. The summed E-state index contributed by atoms with van der Waals surface area (Å²) in [5.41, 5.74) is 0.702.